The topological polar surface area (TPSA) is 72.2 Å². The predicted molar refractivity (Wildman–Crippen MR) is 51.2 cm³/mol. The Labute approximate surface area is 78.9 Å². The molecule has 0 saturated heterocycles. The molecule has 1 amide bonds. The summed E-state index contributed by atoms with van der Waals surface area (Å²) in [6.07, 6.45) is 3.97. The molecule has 4 heteroatoms. The Morgan fingerprint density at radius 3 is 2.69 bits per heavy atom. The van der Waals surface area contributed by atoms with E-state index in [9.17, 15) is 9.59 Å². The van der Waals surface area contributed by atoms with Crippen LogP contribution in [0.5, 0.6) is 0 Å². The fourth-order valence-electron chi connectivity index (χ4n) is 0.967. The van der Waals surface area contributed by atoms with Gasteiger partial charge in [-0.25, -0.2) is 0 Å². The van der Waals surface area contributed by atoms with Crippen LogP contribution >= 0.6 is 0 Å². The summed E-state index contributed by atoms with van der Waals surface area (Å²) in [7, 11) is 0. The molecule has 0 aliphatic rings. The van der Waals surface area contributed by atoms with E-state index in [1.807, 2.05) is 0 Å². The molecule has 4 nitrogen and oxygen atoms in total. The van der Waals surface area contributed by atoms with Crippen molar-refractivity contribution < 1.29 is 9.59 Å². The minimum absolute atomic E-state index is 0.0587. The lowest BCUT2D eigenvalue weighted by Gasteiger charge is -2.06. The van der Waals surface area contributed by atoms with Crippen LogP contribution in [0.25, 0.3) is 0 Å². The summed E-state index contributed by atoms with van der Waals surface area (Å²) < 4.78 is 0. The highest BCUT2D eigenvalue weighted by Crippen LogP contribution is 1.98. The number of hydrogen-bond donors (Lipinski definition) is 2. The SMILES string of the molecule is C[C@@H](C=O)NC(=O)CCCCCN. The van der Waals surface area contributed by atoms with E-state index in [2.05, 4.69) is 5.32 Å². The molecule has 76 valence electrons. The number of carbonyl (C=O) groups is 2. The minimum Gasteiger partial charge on any atom is -0.347 e. The zero-order chi connectivity index (χ0) is 10.1. The van der Waals surface area contributed by atoms with Gasteiger partial charge in [0.2, 0.25) is 5.91 Å². The lowest BCUT2D eigenvalue weighted by molar-refractivity contribution is -0.123. The summed E-state index contributed by atoms with van der Waals surface area (Å²) in [5.41, 5.74) is 5.30. The van der Waals surface area contributed by atoms with E-state index in [0.717, 1.165) is 25.5 Å². The van der Waals surface area contributed by atoms with E-state index in [0.29, 0.717) is 13.0 Å². The molecule has 0 aliphatic heterocycles. The monoisotopic (exact) mass is 186 g/mol. The first-order valence-corrected chi connectivity index (χ1v) is 4.65. The lowest BCUT2D eigenvalue weighted by Crippen LogP contribution is -2.33. The Bertz CT molecular complexity index is 160. The molecule has 0 aromatic rings. The largest absolute Gasteiger partial charge is 0.347 e. The molecule has 0 unspecified atom stereocenters. The molecule has 0 fully saturated rings. The molecule has 13 heavy (non-hydrogen) atoms. The van der Waals surface area contributed by atoms with Crippen molar-refractivity contribution in [3.63, 3.8) is 0 Å². The number of carbonyl (C=O) groups excluding carboxylic acids is 2. The number of hydrogen-bond acceptors (Lipinski definition) is 3. The van der Waals surface area contributed by atoms with E-state index in [4.69, 9.17) is 5.73 Å². The Kier molecular flexibility index (Phi) is 7.20. The van der Waals surface area contributed by atoms with Gasteiger partial charge in [0.05, 0.1) is 6.04 Å². The molecule has 0 radical (unpaired) electrons. The molecule has 0 heterocycles. The second-order valence-corrected chi connectivity index (χ2v) is 3.09. The number of amides is 1. The van der Waals surface area contributed by atoms with Gasteiger partial charge in [-0.05, 0) is 26.3 Å². The summed E-state index contributed by atoms with van der Waals surface area (Å²) in [6, 6.07) is -0.373. The van der Waals surface area contributed by atoms with Crippen LogP contribution in [0.15, 0.2) is 0 Å². The molecule has 0 spiro atoms. The Hall–Kier alpha value is -0.900. The normalized spacial score (nSPS) is 12.2. The lowest BCUT2D eigenvalue weighted by atomic mass is 10.2. The number of nitrogens with two attached hydrogens (primary N) is 1. The summed E-state index contributed by atoms with van der Waals surface area (Å²) in [5, 5.41) is 2.57. The zero-order valence-electron chi connectivity index (χ0n) is 8.08. The van der Waals surface area contributed by atoms with Gasteiger partial charge in [-0.2, -0.15) is 0 Å². The molecule has 0 saturated carbocycles. The first-order chi connectivity index (χ1) is 6.20. The summed E-state index contributed by atoms with van der Waals surface area (Å²) in [5.74, 6) is -0.0587. The fraction of sp³-hybridized carbons (Fsp3) is 0.778. The summed E-state index contributed by atoms with van der Waals surface area (Å²) in [6.45, 7) is 2.33. The first kappa shape index (κ1) is 12.1. The van der Waals surface area contributed by atoms with Crippen LogP contribution in [-0.2, 0) is 9.59 Å². The molecular weight excluding hydrogens is 168 g/mol. The molecule has 1 atom stereocenters. The van der Waals surface area contributed by atoms with Gasteiger partial charge in [0.1, 0.15) is 6.29 Å². The predicted octanol–water partition coefficient (Wildman–Crippen LogP) is 0.209. The van der Waals surface area contributed by atoms with Gasteiger partial charge in [-0.3, -0.25) is 4.79 Å². The van der Waals surface area contributed by atoms with Crippen LogP contribution < -0.4 is 11.1 Å². The van der Waals surface area contributed by atoms with Crippen molar-refractivity contribution in [2.24, 2.45) is 5.73 Å². The van der Waals surface area contributed by atoms with Crippen LogP contribution in [0.1, 0.15) is 32.6 Å². The fourth-order valence-corrected chi connectivity index (χ4v) is 0.967. The van der Waals surface area contributed by atoms with Crippen molar-refractivity contribution in [2.75, 3.05) is 6.54 Å². The third-order valence-corrected chi connectivity index (χ3v) is 1.70. The second-order valence-electron chi connectivity index (χ2n) is 3.09. The maximum atomic E-state index is 11.1. The van der Waals surface area contributed by atoms with Crippen molar-refractivity contribution in [1.29, 1.82) is 0 Å². The van der Waals surface area contributed by atoms with Crippen LogP contribution in [0.4, 0.5) is 0 Å². The molecule has 0 aromatic heterocycles. The Morgan fingerprint density at radius 2 is 2.15 bits per heavy atom. The highest BCUT2D eigenvalue weighted by Gasteiger charge is 2.04. The number of aldehydes is 1. The van der Waals surface area contributed by atoms with E-state index >= 15 is 0 Å². The highest BCUT2D eigenvalue weighted by atomic mass is 16.2. The average molecular weight is 186 g/mol. The molecule has 3 N–H and O–H groups in total. The number of rotatable bonds is 7. The standard InChI is InChI=1S/C9H18N2O2/c1-8(7-12)11-9(13)5-3-2-4-6-10/h7-8H,2-6,10H2,1H3,(H,11,13)/t8-/m0/s1. The molecule has 0 aromatic carbocycles. The average Bonchev–Trinajstić information content (AvgIpc) is 2.12. The molecular formula is C9H18N2O2. The Balaban J connectivity index is 3.35. The number of unbranched alkanes of at least 4 members (excludes halogenated alkanes) is 2. The smallest absolute Gasteiger partial charge is 0.220 e. The summed E-state index contributed by atoms with van der Waals surface area (Å²) in [4.78, 5) is 21.3. The van der Waals surface area contributed by atoms with E-state index in [1.165, 1.54) is 0 Å². The highest BCUT2D eigenvalue weighted by molar-refractivity contribution is 5.79. The van der Waals surface area contributed by atoms with Crippen molar-refractivity contribution in [1.82, 2.24) is 5.32 Å². The van der Waals surface area contributed by atoms with Crippen LogP contribution in [0.2, 0.25) is 0 Å². The first-order valence-electron chi connectivity index (χ1n) is 4.65. The molecule has 0 aliphatic carbocycles. The van der Waals surface area contributed by atoms with Crippen LogP contribution in [0, 0.1) is 0 Å². The van der Waals surface area contributed by atoms with E-state index in [1.54, 1.807) is 6.92 Å². The molecule has 0 bridgehead atoms. The summed E-state index contributed by atoms with van der Waals surface area (Å²) >= 11 is 0. The third-order valence-electron chi connectivity index (χ3n) is 1.70. The van der Waals surface area contributed by atoms with E-state index < -0.39 is 0 Å². The van der Waals surface area contributed by atoms with Gasteiger partial charge >= 0.3 is 0 Å². The van der Waals surface area contributed by atoms with Gasteiger partial charge in [-0.15, -0.1) is 0 Å². The van der Waals surface area contributed by atoms with Gasteiger partial charge < -0.3 is 15.8 Å². The van der Waals surface area contributed by atoms with Gasteiger partial charge in [0, 0.05) is 6.42 Å². The quantitative estimate of drug-likeness (QED) is 0.441. The van der Waals surface area contributed by atoms with E-state index in [-0.39, 0.29) is 11.9 Å². The third kappa shape index (κ3) is 7.46. The Morgan fingerprint density at radius 1 is 1.46 bits per heavy atom. The van der Waals surface area contributed by atoms with Crippen LogP contribution in [-0.4, -0.2) is 24.8 Å². The zero-order valence-corrected chi connectivity index (χ0v) is 8.08. The van der Waals surface area contributed by atoms with Crippen molar-refractivity contribution >= 4 is 12.2 Å². The maximum Gasteiger partial charge on any atom is 0.220 e. The van der Waals surface area contributed by atoms with Crippen molar-refractivity contribution in [2.45, 2.75) is 38.6 Å². The van der Waals surface area contributed by atoms with Gasteiger partial charge in [0.25, 0.3) is 0 Å². The van der Waals surface area contributed by atoms with Crippen molar-refractivity contribution in [3.05, 3.63) is 0 Å². The second kappa shape index (κ2) is 7.73. The maximum absolute atomic E-state index is 11.1. The van der Waals surface area contributed by atoms with Crippen LogP contribution in [0.3, 0.4) is 0 Å². The van der Waals surface area contributed by atoms with Crippen molar-refractivity contribution in [3.8, 4) is 0 Å². The number of nitrogens with one attached hydrogen (secondary N) is 1. The van der Waals surface area contributed by atoms with Gasteiger partial charge in [0.15, 0.2) is 0 Å². The minimum atomic E-state index is -0.373. The van der Waals surface area contributed by atoms with Gasteiger partial charge in [-0.1, -0.05) is 6.42 Å². The molecule has 0 rings (SSSR count).